The summed E-state index contributed by atoms with van der Waals surface area (Å²) < 4.78 is 0. The molecule has 2 atom stereocenters. The molecule has 0 fully saturated rings. The molecule has 2 unspecified atom stereocenters. The zero-order valence-electron chi connectivity index (χ0n) is 8.24. The highest BCUT2D eigenvalue weighted by Gasteiger charge is 2.22. The molecule has 0 N–H and O–H groups in total. The Kier molecular flexibility index (Phi) is 3.85. The molecule has 0 aliphatic carbocycles. The summed E-state index contributed by atoms with van der Waals surface area (Å²) in [6, 6.07) is 1.85. The summed E-state index contributed by atoms with van der Waals surface area (Å²) in [5, 5.41) is 0. The molecule has 3 heteroatoms. The second-order valence-corrected chi connectivity index (χ2v) is 5.00. The van der Waals surface area contributed by atoms with Gasteiger partial charge in [0.15, 0.2) is 0 Å². The van der Waals surface area contributed by atoms with Gasteiger partial charge in [-0.2, -0.15) is 0 Å². The molecule has 13 heavy (non-hydrogen) atoms. The van der Waals surface area contributed by atoms with Gasteiger partial charge >= 0.3 is 0 Å². The fourth-order valence-electron chi connectivity index (χ4n) is 1.52. The quantitative estimate of drug-likeness (QED) is 0.762. The van der Waals surface area contributed by atoms with Crippen LogP contribution < -0.4 is 0 Å². The lowest BCUT2D eigenvalue weighted by molar-refractivity contribution is 0.475. The SMILES string of the molecule is CC(C)C(c1ncccn1)C(C)Br. The number of nitrogens with zero attached hydrogens (tertiary/aromatic N) is 2. The highest BCUT2D eigenvalue weighted by molar-refractivity contribution is 9.09. The Labute approximate surface area is 87.9 Å². The topological polar surface area (TPSA) is 25.8 Å². The first-order valence-corrected chi connectivity index (χ1v) is 5.45. The fraction of sp³-hybridized carbons (Fsp3) is 0.600. The van der Waals surface area contributed by atoms with Gasteiger partial charge in [-0.25, -0.2) is 9.97 Å². The molecule has 0 saturated carbocycles. The van der Waals surface area contributed by atoms with Gasteiger partial charge in [-0.1, -0.05) is 36.7 Å². The van der Waals surface area contributed by atoms with Crippen molar-refractivity contribution in [3.63, 3.8) is 0 Å². The van der Waals surface area contributed by atoms with E-state index in [4.69, 9.17) is 0 Å². The highest BCUT2D eigenvalue weighted by Crippen LogP contribution is 2.29. The summed E-state index contributed by atoms with van der Waals surface area (Å²) in [4.78, 5) is 8.97. The third-order valence-corrected chi connectivity index (χ3v) is 2.67. The number of alkyl halides is 1. The van der Waals surface area contributed by atoms with E-state index in [1.807, 2.05) is 6.07 Å². The van der Waals surface area contributed by atoms with Crippen molar-refractivity contribution in [2.24, 2.45) is 5.92 Å². The number of halogens is 1. The molecule has 0 saturated heterocycles. The van der Waals surface area contributed by atoms with Crippen molar-refractivity contribution in [3.05, 3.63) is 24.3 Å². The molecule has 1 rings (SSSR count). The molecule has 0 aromatic carbocycles. The third-order valence-electron chi connectivity index (χ3n) is 2.10. The van der Waals surface area contributed by atoms with Crippen LogP contribution in [-0.2, 0) is 0 Å². The van der Waals surface area contributed by atoms with Crippen LogP contribution in [0, 0.1) is 5.92 Å². The summed E-state index contributed by atoms with van der Waals surface area (Å²) >= 11 is 3.60. The van der Waals surface area contributed by atoms with Gasteiger partial charge in [-0.15, -0.1) is 0 Å². The molecule has 72 valence electrons. The smallest absolute Gasteiger partial charge is 0.132 e. The average Bonchev–Trinajstić information content (AvgIpc) is 2.04. The predicted molar refractivity (Wildman–Crippen MR) is 58.0 cm³/mol. The summed E-state index contributed by atoms with van der Waals surface area (Å²) in [5.41, 5.74) is 0. The van der Waals surface area contributed by atoms with Crippen molar-refractivity contribution in [2.45, 2.75) is 31.5 Å². The minimum absolute atomic E-state index is 0.390. The van der Waals surface area contributed by atoms with Crippen molar-refractivity contribution in [3.8, 4) is 0 Å². The van der Waals surface area contributed by atoms with Crippen molar-refractivity contribution in [2.75, 3.05) is 0 Å². The summed E-state index contributed by atoms with van der Waals surface area (Å²) in [7, 11) is 0. The third kappa shape index (κ3) is 2.76. The van der Waals surface area contributed by atoms with Crippen LogP contribution in [0.2, 0.25) is 0 Å². The van der Waals surface area contributed by atoms with Crippen molar-refractivity contribution in [1.82, 2.24) is 9.97 Å². The number of rotatable bonds is 3. The second kappa shape index (κ2) is 4.70. The molecule has 0 aliphatic rings. The first-order chi connectivity index (χ1) is 6.13. The van der Waals surface area contributed by atoms with E-state index in [0.29, 0.717) is 16.7 Å². The fourth-order valence-corrected chi connectivity index (χ4v) is 2.36. The molecule has 0 spiro atoms. The molecule has 0 amide bonds. The Balaban J connectivity index is 2.89. The van der Waals surface area contributed by atoms with Crippen LogP contribution in [0.1, 0.15) is 32.5 Å². The minimum Gasteiger partial charge on any atom is -0.241 e. The van der Waals surface area contributed by atoms with E-state index in [2.05, 4.69) is 46.7 Å². The molecule has 2 nitrogen and oxygen atoms in total. The van der Waals surface area contributed by atoms with Crippen molar-refractivity contribution < 1.29 is 0 Å². The monoisotopic (exact) mass is 242 g/mol. The van der Waals surface area contributed by atoms with Crippen LogP contribution in [-0.4, -0.2) is 14.8 Å². The number of hydrogen-bond acceptors (Lipinski definition) is 2. The van der Waals surface area contributed by atoms with E-state index in [-0.39, 0.29) is 0 Å². The van der Waals surface area contributed by atoms with Gasteiger partial charge in [-0.3, -0.25) is 0 Å². The van der Waals surface area contributed by atoms with Gasteiger partial charge in [-0.05, 0) is 12.0 Å². The van der Waals surface area contributed by atoms with E-state index in [9.17, 15) is 0 Å². The second-order valence-electron chi connectivity index (χ2n) is 3.55. The summed E-state index contributed by atoms with van der Waals surface area (Å²) in [5.74, 6) is 1.87. The van der Waals surface area contributed by atoms with Crippen molar-refractivity contribution in [1.29, 1.82) is 0 Å². The molecule has 1 aromatic heterocycles. The number of aromatic nitrogens is 2. The first-order valence-electron chi connectivity index (χ1n) is 4.54. The minimum atomic E-state index is 0.390. The van der Waals surface area contributed by atoms with Gasteiger partial charge in [0.05, 0.1) is 0 Å². The Morgan fingerprint density at radius 3 is 2.08 bits per heavy atom. The maximum absolute atomic E-state index is 4.28. The molecule has 0 radical (unpaired) electrons. The molecule has 0 bridgehead atoms. The molecule has 1 aromatic rings. The van der Waals surface area contributed by atoms with Crippen molar-refractivity contribution >= 4 is 15.9 Å². The Bertz CT molecular complexity index is 238. The highest BCUT2D eigenvalue weighted by atomic mass is 79.9. The normalized spacial score (nSPS) is 15.8. The first kappa shape index (κ1) is 10.6. The summed E-state index contributed by atoms with van der Waals surface area (Å²) in [6.07, 6.45) is 3.60. The molecule has 0 aliphatic heterocycles. The van der Waals surface area contributed by atoms with Crippen LogP contribution in [0.3, 0.4) is 0 Å². The molecular formula is C10H15BrN2. The van der Waals surface area contributed by atoms with E-state index in [1.54, 1.807) is 12.4 Å². The van der Waals surface area contributed by atoms with Gasteiger partial charge in [0.1, 0.15) is 5.82 Å². The van der Waals surface area contributed by atoms with Gasteiger partial charge in [0, 0.05) is 23.1 Å². The lowest BCUT2D eigenvalue weighted by atomic mass is 9.92. The zero-order chi connectivity index (χ0) is 9.84. The zero-order valence-corrected chi connectivity index (χ0v) is 9.82. The van der Waals surface area contributed by atoms with E-state index < -0.39 is 0 Å². The van der Waals surface area contributed by atoms with E-state index >= 15 is 0 Å². The van der Waals surface area contributed by atoms with E-state index in [1.165, 1.54) is 0 Å². The Morgan fingerprint density at radius 2 is 1.69 bits per heavy atom. The molecular weight excluding hydrogens is 228 g/mol. The summed E-state index contributed by atoms with van der Waals surface area (Å²) in [6.45, 7) is 6.53. The lowest BCUT2D eigenvalue weighted by Crippen LogP contribution is -2.18. The van der Waals surface area contributed by atoms with E-state index in [0.717, 1.165) is 5.82 Å². The lowest BCUT2D eigenvalue weighted by Gasteiger charge is -2.21. The van der Waals surface area contributed by atoms with Crippen LogP contribution in [0.25, 0.3) is 0 Å². The predicted octanol–water partition coefficient (Wildman–Crippen LogP) is 3.00. The van der Waals surface area contributed by atoms with Crippen LogP contribution in [0.5, 0.6) is 0 Å². The van der Waals surface area contributed by atoms with Crippen LogP contribution in [0.4, 0.5) is 0 Å². The maximum atomic E-state index is 4.28. The van der Waals surface area contributed by atoms with Crippen LogP contribution >= 0.6 is 15.9 Å². The Hall–Kier alpha value is -0.440. The van der Waals surface area contributed by atoms with Gasteiger partial charge < -0.3 is 0 Å². The van der Waals surface area contributed by atoms with Gasteiger partial charge in [0.25, 0.3) is 0 Å². The average molecular weight is 243 g/mol. The van der Waals surface area contributed by atoms with Gasteiger partial charge in [0.2, 0.25) is 0 Å². The maximum Gasteiger partial charge on any atom is 0.132 e. The largest absolute Gasteiger partial charge is 0.241 e. The van der Waals surface area contributed by atoms with Crippen LogP contribution in [0.15, 0.2) is 18.5 Å². The Morgan fingerprint density at radius 1 is 1.15 bits per heavy atom. The standard InChI is InChI=1S/C10H15BrN2/c1-7(2)9(8(3)11)10-12-5-4-6-13-10/h4-9H,1-3H3. The number of hydrogen-bond donors (Lipinski definition) is 0. The molecule has 1 heterocycles.